The first-order valence-electron chi connectivity index (χ1n) is 19.0. The Bertz CT molecular complexity index is 2550. The van der Waals surface area contributed by atoms with Crippen molar-refractivity contribution in [2.75, 3.05) is 26.3 Å². The second-order valence-corrected chi connectivity index (χ2v) is 18.2. The molecule has 58 heavy (non-hydrogen) atoms. The Morgan fingerprint density at radius 3 is 1.52 bits per heavy atom. The van der Waals surface area contributed by atoms with Gasteiger partial charge in [-0.25, -0.2) is 16.8 Å². The summed E-state index contributed by atoms with van der Waals surface area (Å²) in [6.07, 6.45) is 1.61. The fourth-order valence-corrected chi connectivity index (χ4v) is 11.1. The Kier molecular flexibility index (Phi) is 12.3. The first-order valence-corrected chi connectivity index (χ1v) is 22.2. The fourth-order valence-electron chi connectivity index (χ4n) is 7.61. The molecule has 300 valence electrons. The third kappa shape index (κ3) is 9.10. The predicted octanol–water partition coefficient (Wildman–Crippen LogP) is 5.95. The van der Waals surface area contributed by atoms with E-state index in [0.29, 0.717) is 53.3 Å². The number of benzene rings is 5. The molecule has 2 aliphatic rings. The summed E-state index contributed by atoms with van der Waals surface area (Å²) in [5, 5.41) is 1.36. The minimum absolute atomic E-state index is 0.195. The van der Waals surface area contributed by atoms with Crippen molar-refractivity contribution in [2.45, 2.75) is 49.3 Å². The Labute approximate surface area is 337 Å². The van der Waals surface area contributed by atoms with Gasteiger partial charge in [0.25, 0.3) is 0 Å². The van der Waals surface area contributed by atoms with Crippen LogP contribution in [0.3, 0.4) is 0 Å². The number of Topliss-reactive ketones (excluding diaryl/α,β-unsaturated/α-hetero) is 2. The molecule has 7 rings (SSSR count). The average molecular weight is 823 g/mol. The van der Waals surface area contributed by atoms with Crippen LogP contribution in [0, 0.1) is 0 Å². The number of hydrogen-bond donors (Lipinski definition) is 0. The van der Waals surface area contributed by atoms with Crippen LogP contribution >= 0.6 is 0 Å². The number of ketones is 2. The van der Waals surface area contributed by atoms with Gasteiger partial charge < -0.3 is 9.47 Å². The summed E-state index contributed by atoms with van der Waals surface area (Å²) in [5.41, 5.74) is 3.37. The van der Waals surface area contributed by atoms with E-state index >= 15 is 0 Å². The topological polar surface area (TPSA) is 162 Å². The van der Waals surface area contributed by atoms with E-state index < -0.39 is 68.8 Å². The van der Waals surface area contributed by atoms with E-state index in [1.165, 1.54) is 8.61 Å². The molecule has 0 amide bonds. The minimum Gasteiger partial charge on any atom is -0.456 e. The van der Waals surface area contributed by atoms with E-state index in [9.17, 15) is 36.0 Å². The molecule has 0 saturated carbocycles. The molecule has 2 atom stereocenters. The van der Waals surface area contributed by atoms with Crippen molar-refractivity contribution in [3.8, 4) is 11.1 Å². The highest BCUT2D eigenvalue weighted by atomic mass is 32.2. The maximum Gasteiger partial charge on any atom is 0.324 e. The van der Waals surface area contributed by atoms with Gasteiger partial charge in [-0.05, 0) is 58.7 Å². The lowest BCUT2D eigenvalue weighted by molar-refractivity contribution is -0.147. The molecule has 0 bridgehead atoms. The van der Waals surface area contributed by atoms with Gasteiger partial charge in [0, 0.05) is 24.2 Å². The highest BCUT2D eigenvalue weighted by molar-refractivity contribution is 7.88. The zero-order valence-corrected chi connectivity index (χ0v) is 33.2. The van der Waals surface area contributed by atoms with Gasteiger partial charge in [0.15, 0.2) is 19.0 Å². The summed E-state index contributed by atoms with van der Waals surface area (Å²) in [7, 11) is -7.59. The van der Waals surface area contributed by atoms with Crippen molar-refractivity contribution < 1.29 is 45.5 Å². The van der Waals surface area contributed by atoms with Crippen LogP contribution < -0.4 is 0 Å². The van der Waals surface area contributed by atoms with Gasteiger partial charge in [-0.2, -0.15) is 8.61 Å². The smallest absolute Gasteiger partial charge is 0.324 e. The number of fused-ring (bicyclic) bond motifs is 1. The van der Waals surface area contributed by atoms with Gasteiger partial charge in [-0.3, -0.25) is 19.2 Å². The van der Waals surface area contributed by atoms with Gasteiger partial charge in [0.05, 0.1) is 11.5 Å². The number of hydrogen-bond acceptors (Lipinski definition) is 10. The molecule has 5 aromatic carbocycles. The standard InChI is InChI=1S/C44H42N2O10S2/c47-41(27-55-43(49)39-17-9-25-45(39)57(51,52)29-31-11-3-1-4-12-31)34-21-19-33(20-22-34)35-23-24-38(37-16-8-7-15-36(35)37)42(48)28-56-44(50)40-18-10-26-46(40)58(53,54)30-32-13-5-2-6-14-32/h1-8,11-16,19-24,39-40H,9-10,17-18,25-30H2/t39-,40-/m0/s1. The van der Waals surface area contributed by atoms with Gasteiger partial charge >= 0.3 is 11.9 Å². The number of nitrogens with zero attached hydrogens (tertiary/aromatic N) is 2. The van der Waals surface area contributed by atoms with Crippen LogP contribution in [-0.2, 0) is 50.6 Å². The number of carbonyl (C=O) groups is 4. The average Bonchev–Trinajstić information content (AvgIpc) is 3.95. The molecular weight excluding hydrogens is 781 g/mol. The zero-order valence-electron chi connectivity index (χ0n) is 31.6. The van der Waals surface area contributed by atoms with E-state index in [-0.39, 0.29) is 24.6 Å². The number of sulfonamides is 2. The molecule has 2 heterocycles. The van der Waals surface area contributed by atoms with E-state index in [1.807, 2.05) is 12.1 Å². The van der Waals surface area contributed by atoms with Crippen LogP contribution in [0.1, 0.15) is 57.5 Å². The van der Waals surface area contributed by atoms with Crippen molar-refractivity contribution in [3.05, 3.63) is 144 Å². The number of carbonyl (C=O) groups excluding carboxylic acids is 4. The van der Waals surface area contributed by atoms with Gasteiger partial charge in [0.1, 0.15) is 12.1 Å². The quantitative estimate of drug-likeness (QED) is 0.0912. The largest absolute Gasteiger partial charge is 0.456 e. The molecule has 0 aliphatic carbocycles. The molecule has 0 aromatic heterocycles. The van der Waals surface area contributed by atoms with Crippen molar-refractivity contribution in [3.63, 3.8) is 0 Å². The van der Waals surface area contributed by atoms with Crippen LogP contribution in [0.2, 0.25) is 0 Å². The SMILES string of the molecule is O=C(COC(=O)[C@@H]1CCCN1S(=O)(=O)Cc1ccccc1)c1ccc(-c2ccc(C(=O)COC(=O)[C@@H]3CCCN3S(=O)(=O)Cc3ccccc3)c3ccccc23)cc1. The second kappa shape index (κ2) is 17.5. The lowest BCUT2D eigenvalue weighted by Crippen LogP contribution is -2.42. The molecule has 14 heteroatoms. The van der Waals surface area contributed by atoms with E-state index in [4.69, 9.17) is 9.47 Å². The van der Waals surface area contributed by atoms with Crippen LogP contribution in [0.15, 0.2) is 121 Å². The summed E-state index contributed by atoms with van der Waals surface area (Å²) in [6.45, 7) is -0.713. The van der Waals surface area contributed by atoms with Crippen molar-refractivity contribution in [1.82, 2.24) is 8.61 Å². The molecule has 0 unspecified atom stereocenters. The number of ether oxygens (including phenoxy) is 2. The maximum atomic E-state index is 13.5. The Balaban J connectivity index is 0.971. The Morgan fingerprint density at radius 1 is 0.534 bits per heavy atom. The fraction of sp³-hybridized carbons (Fsp3) is 0.273. The van der Waals surface area contributed by atoms with Crippen molar-refractivity contribution in [1.29, 1.82) is 0 Å². The van der Waals surface area contributed by atoms with E-state index in [0.717, 1.165) is 16.5 Å². The first-order chi connectivity index (χ1) is 27.9. The van der Waals surface area contributed by atoms with Crippen molar-refractivity contribution >= 4 is 54.3 Å². The molecule has 2 aliphatic heterocycles. The van der Waals surface area contributed by atoms with Gasteiger partial charge in [-0.15, -0.1) is 0 Å². The lowest BCUT2D eigenvalue weighted by atomic mass is 9.93. The van der Waals surface area contributed by atoms with E-state index in [2.05, 4.69) is 0 Å². The highest BCUT2D eigenvalue weighted by Crippen LogP contribution is 2.32. The lowest BCUT2D eigenvalue weighted by Gasteiger charge is -2.22. The molecule has 5 aromatic rings. The van der Waals surface area contributed by atoms with Crippen LogP contribution in [0.5, 0.6) is 0 Å². The molecule has 0 N–H and O–H groups in total. The third-order valence-corrected chi connectivity index (χ3v) is 14.2. The summed E-state index contributed by atoms with van der Waals surface area (Å²) >= 11 is 0. The monoisotopic (exact) mass is 822 g/mol. The summed E-state index contributed by atoms with van der Waals surface area (Å²) in [5.74, 6) is -2.90. The van der Waals surface area contributed by atoms with Crippen LogP contribution in [0.25, 0.3) is 21.9 Å². The number of esters is 2. The van der Waals surface area contributed by atoms with Crippen LogP contribution in [0.4, 0.5) is 0 Å². The maximum absolute atomic E-state index is 13.5. The Hall–Kier alpha value is -5.54. The third-order valence-electron chi connectivity index (χ3n) is 10.5. The Morgan fingerprint density at radius 2 is 1.00 bits per heavy atom. The van der Waals surface area contributed by atoms with Gasteiger partial charge in [0.2, 0.25) is 25.8 Å². The second-order valence-electron chi connectivity index (χ2n) is 14.4. The molecule has 12 nitrogen and oxygen atoms in total. The zero-order chi connectivity index (χ0) is 40.9. The van der Waals surface area contributed by atoms with Gasteiger partial charge in [-0.1, -0.05) is 121 Å². The van der Waals surface area contributed by atoms with Crippen molar-refractivity contribution in [2.24, 2.45) is 0 Å². The number of rotatable bonds is 15. The molecule has 0 spiro atoms. The predicted molar refractivity (Wildman–Crippen MR) is 218 cm³/mol. The normalized spacial score (nSPS) is 17.6. The summed E-state index contributed by atoms with van der Waals surface area (Å²) in [4.78, 5) is 52.7. The molecule has 0 radical (unpaired) electrons. The van der Waals surface area contributed by atoms with Crippen LogP contribution in [-0.4, -0.2) is 87.3 Å². The summed E-state index contributed by atoms with van der Waals surface area (Å²) in [6, 6.07) is 32.8. The molecular formula is C44H42N2O10S2. The first kappa shape index (κ1) is 40.6. The summed E-state index contributed by atoms with van der Waals surface area (Å²) < 4.78 is 65.8. The minimum atomic E-state index is -3.80. The van der Waals surface area contributed by atoms with E-state index in [1.54, 1.807) is 109 Å². The molecule has 2 fully saturated rings. The molecule has 2 saturated heterocycles. The highest BCUT2D eigenvalue weighted by Gasteiger charge is 2.41.